The molecule has 5 nitrogen and oxygen atoms in total. The number of nitrogens with two attached hydrogens (primary N) is 1. The van der Waals surface area contributed by atoms with E-state index < -0.39 is 9.84 Å². The average Bonchev–Trinajstić information content (AvgIpc) is 2.58. The molecule has 0 aromatic heterocycles. The van der Waals surface area contributed by atoms with Crippen LogP contribution in [0.1, 0.15) is 5.56 Å². The van der Waals surface area contributed by atoms with Crippen molar-refractivity contribution in [1.82, 2.24) is 0 Å². The first-order valence-corrected chi connectivity index (χ1v) is 10.4. The Balaban J connectivity index is 2.27. The van der Waals surface area contributed by atoms with Gasteiger partial charge in [0.25, 0.3) is 0 Å². The summed E-state index contributed by atoms with van der Waals surface area (Å²) in [5.41, 5.74) is 1.95. The fraction of sp³-hybridized carbons (Fsp3) is 0.294. The quantitative estimate of drug-likeness (QED) is 0.724. The van der Waals surface area contributed by atoms with E-state index in [0.29, 0.717) is 13.1 Å². The Labute approximate surface area is 147 Å². The first kappa shape index (κ1) is 18.6. The molecule has 2 rings (SSSR count). The highest BCUT2D eigenvalue weighted by Gasteiger charge is 2.13. The van der Waals surface area contributed by atoms with Gasteiger partial charge in [-0.25, -0.2) is 8.42 Å². The van der Waals surface area contributed by atoms with Crippen molar-refractivity contribution in [3.8, 4) is 5.75 Å². The second kappa shape index (κ2) is 8.41. The summed E-state index contributed by atoms with van der Waals surface area (Å²) in [6.07, 6.45) is 1.25. The molecule has 2 aromatic carbocycles. The fourth-order valence-electron chi connectivity index (χ4n) is 2.35. The molecule has 0 fully saturated rings. The SMILES string of the molecule is COc1ccccc1CN(CCS(C)(=O)=O)c1ccc(SN)cc1. The van der Waals surface area contributed by atoms with Gasteiger partial charge in [0.15, 0.2) is 0 Å². The molecule has 24 heavy (non-hydrogen) atoms. The molecule has 2 aromatic rings. The summed E-state index contributed by atoms with van der Waals surface area (Å²) in [6, 6.07) is 15.5. The maximum Gasteiger partial charge on any atom is 0.149 e. The lowest BCUT2D eigenvalue weighted by Gasteiger charge is -2.25. The number of benzene rings is 2. The van der Waals surface area contributed by atoms with E-state index in [2.05, 4.69) is 0 Å². The lowest BCUT2D eigenvalue weighted by atomic mass is 10.1. The maximum absolute atomic E-state index is 11.6. The van der Waals surface area contributed by atoms with Crippen LogP contribution in [0.4, 0.5) is 5.69 Å². The zero-order chi connectivity index (χ0) is 17.6. The van der Waals surface area contributed by atoms with E-state index in [1.807, 2.05) is 53.4 Å². The third-order valence-electron chi connectivity index (χ3n) is 3.62. The van der Waals surface area contributed by atoms with Gasteiger partial charge < -0.3 is 9.64 Å². The number of hydrogen-bond donors (Lipinski definition) is 1. The minimum Gasteiger partial charge on any atom is -0.496 e. The van der Waals surface area contributed by atoms with Gasteiger partial charge in [-0.3, -0.25) is 5.14 Å². The van der Waals surface area contributed by atoms with Crippen molar-refractivity contribution in [3.63, 3.8) is 0 Å². The van der Waals surface area contributed by atoms with Crippen molar-refractivity contribution in [3.05, 3.63) is 54.1 Å². The molecule has 0 heterocycles. The zero-order valence-corrected chi connectivity index (χ0v) is 15.4. The standard InChI is InChI=1S/C17H22N2O3S2/c1-22-17-6-4-3-5-14(17)13-19(11-12-24(2,20)21)15-7-9-16(23-18)10-8-15/h3-10H,11-13,18H2,1-2H3. The van der Waals surface area contributed by atoms with Crippen LogP contribution in [0.25, 0.3) is 0 Å². The van der Waals surface area contributed by atoms with Gasteiger partial charge in [-0.05, 0) is 42.3 Å². The number of para-hydroxylation sites is 1. The molecule has 0 bridgehead atoms. The van der Waals surface area contributed by atoms with E-state index in [-0.39, 0.29) is 5.75 Å². The third-order valence-corrected chi connectivity index (χ3v) is 5.09. The van der Waals surface area contributed by atoms with Crippen molar-refractivity contribution in [2.75, 3.05) is 30.6 Å². The van der Waals surface area contributed by atoms with E-state index in [1.165, 1.54) is 18.2 Å². The number of anilines is 1. The Kier molecular flexibility index (Phi) is 6.53. The van der Waals surface area contributed by atoms with Gasteiger partial charge in [-0.2, -0.15) is 0 Å². The van der Waals surface area contributed by atoms with E-state index in [0.717, 1.165) is 21.9 Å². The Hall–Kier alpha value is -1.70. The molecule has 0 amide bonds. The summed E-state index contributed by atoms with van der Waals surface area (Å²) in [7, 11) is -1.41. The Morgan fingerprint density at radius 1 is 1.12 bits per heavy atom. The summed E-state index contributed by atoms with van der Waals surface area (Å²) in [5.74, 6) is 0.881. The topological polar surface area (TPSA) is 72.6 Å². The molecule has 0 atom stereocenters. The second-order valence-electron chi connectivity index (χ2n) is 5.48. The highest BCUT2D eigenvalue weighted by Crippen LogP contribution is 2.24. The molecule has 130 valence electrons. The Morgan fingerprint density at radius 2 is 1.79 bits per heavy atom. The number of rotatable bonds is 8. The molecule has 0 radical (unpaired) electrons. The summed E-state index contributed by atoms with van der Waals surface area (Å²) in [5, 5.41) is 5.56. The first-order valence-electron chi connectivity index (χ1n) is 7.44. The third kappa shape index (κ3) is 5.43. The highest BCUT2D eigenvalue weighted by atomic mass is 32.2. The lowest BCUT2D eigenvalue weighted by molar-refractivity contribution is 0.409. The van der Waals surface area contributed by atoms with Crippen LogP contribution < -0.4 is 14.8 Å². The molecule has 0 saturated carbocycles. The smallest absolute Gasteiger partial charge is 0.149 e. The normalized spacial score (nSPS) is 11.3. The van der Waals surface area contributed by atoms with Crippen LogP contribution in [0, 0.1) is 0 Å². The number of methoxy groups -OCH3 is 1. The van der Waals surface area contributed by atoms with Crippen LogP contribution in [0.3, 0.4) is 0 Å². The second-order valence-corrected chi connectivity index (χ2v) is 8.44. The van der Waals surface area contributed by atoms with Crippen molar-refractivity contribution in [2.45, 2.75) is 11.4 Å². The largest absolute Gasteiger partial charge is 0.496 e. The molecule has 0 aliphatic rings. The van der Waals surface area contributed by atoms with Crippen LogP contribution in [0.5, 0.6) is 5.75 Å². The average molecular weight is 367 g/mol. The fourth-order valence-corrected chi connectivity index (χ4v) is 3.20. The predicted octanol–water partition coefficient (Wildman–Crippen LogP) is 2.71. The summed E-state index contributed by atoms with van der Waals surface area (Å²) in [4.78, 5) is 2.99. The van der Waals surface area contributed by atoms with Gasteiger partial charge >= 0.3 is 0 Å². The monoisotopic (exact) mass is 366 g/mol. The van der Waals surface area contributed by atoms with Crippen LogP contribution >= 0.6 is 11.9 Å². The van der Waals surface area contributed by atoms with Crippen molar-refractivity contribution < 1.29 is 13.2 Å². The van der Waals surface area contributed by atoms with E-state index in [4.69, 9.17) is 9.88 Å². The molecule has 2 N–H and O–H groups in total. The van der Waals surface area contributed by atoms with Crippen molar-refractivity contribution in [2.24, 2.45) is 5.14 Å². The van der Waals surface area contributed by atoms with Gasteiger partial charge in [0.1, 0.15) is 15.6 Å². The van der Waals surface area contributed by atoms with E-state index in [9.17, 15) is 8.42 Å². The molecule has 0 aliphatic carbocycles. The van der Waals surface area contributed by atoms with Gasteiger partial charge in [0.2, 0.25) is 0 Å². The van der Waals surface area contributed by atoms with Gasteiger partial charge in [0, 0.05) is 35.5 Å². The summed E-state index contributed by atoms with van der Waals surface area (Å²) < 4.78 is 28.5. The minimum absolute atomic E-state index is 0.0928. The van der Waals surface area contributed by atoms with Crippen LogP contribution in [0.15, 0.2) is 53.4 Å². The first-order chi connectivity index (χ1) is 11.4. The van der Waals surface area contributed by atoms with Crippen LogP contribution in [0.2, 0.25) is 0 Å². The van der Waals surface area contributed by atoms with Crippen LogP contribution in [-0.2, 0) is 16.4 Å². The van der Waals surface area contributed by atoms with Crippen molar-refractivity contribution in [1.29, 1.82) is 0 Å². The minimum atomic E-state index is -3.05. The number of nitrogens with zero attached hydrogens (tertiary/aromatic N) is 1. The molecule has 0 aliphatic heterocycles. The zero-order valence-electron chi connectivity index (χ0n) is 13.8. The summed E-state index contributed by atoms with van der Waals surface area (Å²) >= 11 is 1.18. The van der Waals surface area contributed by atoms with Gasteiger partial charge in [-0.1, -0.05) is 18.2 Å². The highest BCUT2D eigenvalue weighted by molar-refractivity contribution is 7.97. The predicted molar refractivity (Wildman–Crippen MR) is 100 cm³/mol. The molecule has 0 unspecified atom stereocenters. The molecule has 0 spiro atoms. The summed E-state index contributed by atoms with van der Waals surface area (Å²) in [6.45, 7) is 0.973. The lowest BCUT2D eigenvalue weighted by Crippen LogP contribution is -2.28. The van der Waals surface area contributed by atoms with Gasteiger partial charge in [-0.15, -0.1) is 0 Å². The van der Waals surface area contributed by atoms with E-state index in [1.54, 1.807) is 7.11 Å². The molecular formula is C17H22N2O3S2. The van der Waals surface area contributed by atoms with E-state index >= 15 is 0 Å². The van der Waals surface area contributed by atoms with Crippen molar-refractivity contribution >= 4 is 27.5 Å². The number of sulfone groups is 1. The van der Waals surface area contributed by atoms with Gasteiger partial charge in [0.05, 0.1) is 12.9 Å². The Morgan fingerprint density at radius 3 is 2.38 bits per heavy atom. The molecule has 7 heteroatoms. The number of ether oxygens (including phenoxy) is 1. The Bertz CT molecular complexity index is 762. The van der Waals surface area contributed by atoms with Crippen LogP contribution in [-0.4, -0.2) is 34.1 Å². The maximum atomic E-state index is 11.6. The molecular weight excluding hydrogens is 344 g/mol. The molecule has 0 saturated heterocycles. The number of hydrogen-bond acceptors (Lipinski definition) is 6.